The fourth-order valence-electron chi connectivity index (χ4n) is 2.78. The van der Waals surface area contributed by atoms with Gasteiger partial charge in [-0.1, -0.05) is 60.7 Å². The zero-order valence-electron chi connectivity index (χ0n) is 12.5. The molecule has 0 spiro atoms. The molecule has 0 saturated heterocycles. The van der Waals surface area contributed by atoms with E-state index in [2.05, 4.69) is 60.7 Å². The first-order valence-electron chi connectivity index (χ1n) is 7.19. The highest BCUT2D eigenvalue weighted by Crippen LogP contribution is 2.34. The molecule has 25 heavy (non-hydrogen) atoms. The van der Waals surface area contributed by atoms with Crippen molar-refractivity contribution >= 4 is 32.3 Å². The molecule has 128 valence electrons. The van der Waals surface area contributed by atoms with Crippen molar-refractivity contribution in [3.63, 3.8) is 0 Å². The van der Waals surface area contributed by atoms with Crippen LogP contribution in [0.25, 0.3) is 32.3 Å². The first-order chi connectivity index (χ1) is 11.8. The van der Waals surface area contributed by atoms with Crippen molar-refractivity contribution in [1.82, 2.24) is 0 Å². The van der Waals surface area contributed by atoms with E-state index in [1.807, 2.05) is 0 Å². The third kappa shape index (κ3) is 3.24. The Morgan fingerprint density at radius 1 is 0.560 bits per heavy atom. The summed E-state index contributed by atoms with van der Waals surface area (Å²) in [6, 6.07) is 21.9. The predicted molar refractivity (Wildman–Crippen MR) is 86.6 cm³/mol. The van der Waals surface area contributed by atoms with Crippen LogP contribution in [0, 0.1) is 0 Å². The van der Waals surface area contributed by atoms with Crippen LogP contribution >= 0.6 is 0 Å². The zero-order chi connectivity index (χ0) is 18.2. The van der Waals surface area contributed by atoms with Gasteiger partial charge >= 0.3 is 12.3 Å². The van der Waals surface area contributed by atoms with E-state index in [1.54, 1.807) is 0 Å². The Hall–Kier alpha value is -2.76. The van der Waals surface area contributed by atoms with Crippen molar-refractivity contribution in [3.8, 4) is 0 Å². The largest absolute Gasteiger partial charge is 0.448 e. The van der Waals surface area contributed by atoms with E-state index in [9.17, 15) is 26.3 Å². The number of halogens is 6. The van der Waals surface area contributed by atoms with Gasteiger partial charge in [-0.2, -0.15) is 26.3 Å². The Morgan fingerprint density at radius 2 is 0.880 bits per heavy atom. The van der Waals surface area contributed by atoms with Gasteiger partial charge < -0.3 is 0 Å². The molecular weight excluding hydrogens is 342 g/mol. The van der Waals surface area contributed by atoms with Gasteiger partial charge in [-0.3, -0.25) is 0 Å². The van der Waals surface area contributed by atoms with Crippen molar-refractivity contribution in [2.45, 2.75) is 6.18 Å². The van der Waals surface area contributed by atoms with Crippen LogP contribution in [0.4, 0.5) is 26.3 Å². The highest BCUT2D eigenvalue weighted by atomic mass is 19.4. The molecule has 0 aliphatic carbocycles. The summed E-state index contributed by atoms with van der Waals surface area (Å²) in [5.41, 5.74) is 0. The summed E-state index contributed by atoms with van der Waals surface area (Å²) in [6.07, 6.45) is -8.90. The van der Waals surface area contributed by atoms with Crippen molar-refractivity contribution < 1.29 is 26.3 Å². The quantitative estimate of drug-likeness (QED) is 0.232. The molecule has 0 heterocycles. The van der Waals surface area contributed by atoms with Gasteiger partial charge in [0.2, 0.25) is 0 Å². The Morgan fingerprint density at radius 3 is 1.08 bits per heavy atom. The highest BCUT2D eigenvalue weighted by Gasteiger charge is 2.38. The molecule has 4 aromatic rings. The Balaban J connectivity index is 0.000000176. The third-order valence-corrected chi connectivity index (χ3v) is 3.81. The maximum absolute atomic E-state index is 11.0. The molecule has 4 aromatic carbocycles. The van der Waals surface area contributed by atoms with Crippen LogP contribution < -0.4 is 0 Å². The molecule has 0 nitrogen and oxygen atoms in total. The maximum atomic E-state index is 11.0. The minimum Gasteiger partial charge on any atom is -0.196 e. The minimum absolute atomic E-state index is 1.34. The zero-order valence-corrected chi connectivity index (χ0v) is 12.5. The summed E-state index contributed by atoms with van der Waals surface area (Å²) in [5, 5.41) is 8.14. The maximum Gasteiger partial charge on any atom is 0.448 e. The summed E-state index contributed by atoms with van der Waals surface area (Å²) in [5.74, 6) is -3.33. The molecule has 0 radical (unpaired) electrons. The van der Waals surface area contributed by atoms with Gasteiger partial charge in [0, 0.05) is 0 Å². The highest BCUT2D eigenvalue weighted by molar-refractivity contribution is 6.22. The van der Waals surface area contributed by atoms with Gasteiger partial charge in [0.1, 0.15) is 0 Å². The summed E-state index contributed by atoms with van der Waals surface area (Å²) in [6.45, 7) is 0. The number of hydrogen-bond acceptors (Lipinski definition) is 0. The Kier molecular flexibility index (Phi) is 4.29. The molecule has 0 N–H and O–H groups in total. The summed E-state index contributed by atoms with van der Waals surface area (Å²) in [4.78, 5) is 0. The lowest BCUT2D eigenvalue weighted by atomic mass is 9.95. The average Bonchev–Trinajstić information content (AvgIpc) is 2.59. The van der Waals surface area contributed by atoms with Crippen LogP contribution in [0.15, 0.2) is 72.6 Å². The lowest BCUT2D eigenvalue weighted by Crippen LogP contribution is -2.08. The first kappa shape index (κ1) is 17.1. The molecule has 0 amide bonds. The third-order valence-electron chi connectivity index (χ3n) is 3.81. The molecule has 0 aromatic heterocycles. The van der Waals surface area contributed by atoms with E-state index >= 15 is 0 Å². The molecule has 0 aliphatic rings. The topological polar surface area (TPSA) is 0 Å². The number of rotatable bonds is 0. The Bertz CT molecular complexity index is 928. The SMILES string of the molecule is FC(F)=C(F)C(F)(F)F.c1cc2ccc3cccc4ccc(c1)c2c34. The van der Waals surface area contributed by atoms with Crippen molar-refractivity contribution in [2.24, 2.45) is 0 Å². The van der Waals surface area contributed by atoms with Crippen LogP contribution in [0.1, 0.15) is 0 Å². The van der Waals surface area contributed by atoms with Crippen molar-refractivity contribution in [3.05, 3.63) is 72.6 Å². The van der Waals surface area contributed by atoms with E-state index in [-0.39, 0.29) is 0 Å². The molecule has 0 fully saturated rings. The van der Waals surface area contributed by atoms with Crippen molar-refractivity contribution in [2.75, 3.05) is 0 Å². The number of hydrogen-bond donors (Lipinski definition) is 0. The van der Waals surface area contributed by atoms with E-state index in [4.69, 9.17) is 0 Å². The fraction of sp³-hybridized carbons (Fsp3) is 0.0526. The van der Waals surface area contributed by atoms with Crippen LogP contribution in [0.5, 0.6) is 0 Å². The van der Waals surface area contributed by atoms with Gasteiger partial charge in [0.25, 0.3) is 5.83 Å². The standard InChI is InChI=1S/C16H10.C3F6/c1-3-11-7-9-13-5-2-6-14-10-8-12(4-1)15(11)16(13)14;4-1(2(5)6)3(7,8)9/h1-10H;. The van der Waals surface area contributed by atoms with Gasteiger partial charge in [-0.15, -0.1) is 0 Å². The molecule has 4 rings (SSSR count). The lowest BCUT2D eigenvalue weighted by molar-refractivity contribution is -0.113. The van der Waals surface area contributed by atoms with Crippen LogP contribution in [0.3, 0.4) is 0 Å². The number of allylic oxidation sites excluding steroid dienone is 1. The van der Waals surface area contributed by atoms with E-state index in [0.29, 0.717) is 0 Å². The monoisotopic (exact) mass is 352 g/mol. The normalized spacial score (nSPS) is 11.6. The minimum atomic E-state index is -5.56. The molecule has 6 heteroatoms. The Labute approximate surface area is 138 Å². The van der Waals surface area contributed by atoms with Gasteiger partial charge in [-0.05, 0) is 32.3 Å². The fourth-order valence-corrected chi connectivity index (χ4v) is 2.78. The smallest absolute Gasteiger partial charge is 0.196 e. The van der Waals surface area contributed by atoms with Crippen LogP contribution in [-0.2, 0) is 0 Å². The molecule has 0 saturated carbocycles. The van der Waals surface area contributed by atoms with Gasteiger partial charge in [0.05, 0.1) is 0 Å². The number of benzene rings is 4. The molecule has 0 unspecified atom stereocenters. The van der Waals surface area contributed by atoms with Crippen LogP contribution in [-0.4, -0.2) is 6.18 Å². The van der Waals surface area contributed by atoms with Gasteiger partial charge in [-0.25, -0.2) is 0 Å². The second-order valence-corrected chi connectivity index (χ2v) is 5.36. The molecule has 0 atom stereocenters. The van der Waals surface area contributed by atoms with E-state index < -0.39 is 18.1 Å². The summed E-state index contributed by atoms with van der Waals surface area (Å²) >= 11 is 0. The molecular formula is C19H10F6. The van der Waals surface area contributed by atoms with Crippen LogP contribution in [0.2, 0.25) is 0 Å². The lowest BCUT2D eigenvalue weighted by Gasteiger charge is -2.09. The second kappa shape index (κ2) is 6.27. The average molecular weight is 352 g/mol. The first-order valence-corrected chi connectivity index (χ1v) is 7.19. The molecule has 0 bridgehead atoms. The second-order valence-electron chi connectivity index (χ2n) is 5.36. The van der Waals surface area contributed by atoms with Crippen molar-refractivity contribution in [1.29, 1.82) is 0 Å². The summed E-state index contributed by atoms with van der Waals surface area (Å²) < 4.78 is 64.8. The van der Waals surface area contributed by atoms with E-state index in [1.165, 1.54) is 32.3 Å². The molecule has 0 aliphatic heterocycles. The van der Waals surface area contributed by atoms with E-state index in [0.717, 1.165) is 0 Å². The summed E-state index contributed by atoms with van der Waals surface area (Å²) in [7, 11) is 0. The number of alkyl halides is 3. The predicted octanol–water partition coefficient (Wildman–Crippen LogP) is 7.21. The van der Waals surface area contributed by atoms with Gasteiger partial charge in [0.15, 0.2) is 0 Å².